The van der Waals surface area contributed by atoms with Crippen LogP contribution < -0.4 is 10.2 Å². The van der Waals surface area contributed by atoms with Gasteiger partial charge in [0.25, 0.3) is 0 Å². The number of aromatic hydroxyl groups is 2. The lowest BCUT2D eigenvalue weighted by Crippen LogP contribution is -2.60. The van der Waals surface area contributed by atoms with E-state index in [2.05, 4.69) is 0 Å². The van der Waals surface area contributed by atoms with Crippen molar-refractivity contribution in [2.45, 2.75) is 30.7 Å². The number of phenolic OH excluding ortho intramolecular Hbond substituents is 2. The molecule has 5 atom stereocenters. The van der Waals surface area contributed by atoms with Gasteiger partial charge in [0.2, 0.25) is 11.7 Å². The van der Waals surface area contributed by atoms with Crippen molar-refractivity contribution in [3.8, 4) is 28.4 Å². The van der Waals surface area contributed by atoms with Crippen LogP contribution in [0.4, 0.5) is 0 Å². The van der Waals surface area contributed by atoms with E-state index in [4.69, 9.17) is 13.9 Å². The maximum Gasteiger partial charge on any atom is 0.229 e. The highest BCUT2D eigenvalue weighted by Crippen LogP contribution is 2.33. The zero-order chi connectivity index (χ0) is 22.3. The molecule has 2 heterocycles. The Bertz CT molecular complexity index is 1140. The largest absolute Gasteiger partial charge is 0.508 e. The molecule has 0 unspecified atom stereocenters. The van der Waals surface area contributed by atoms with Gasteiger partial charge in [-0.1, -0.05) is 12.1 Å². The van der Waals surface area contributed by atoms with Crippen LogP contribution in [0, 0.1) is 0 Å². The third-order valence-electron chi connectivity index (χ3n) is 5.10. The Morgan fingerprint density at radius 1 is 0.935 bits per heavy atom. The molecule has 0 radical (unpaired) electrons. The molecule has 0 amide bonds. The molecule has 6 N–H and O–H groups in total. The molecule has 1 aliphatic heterocycles. The van der Waals surface area contributed by atoms with Crippen LogP contribution >= 0.6 is 0 Å². The third-order valence-corrected chi connectivity index (χ3v) is 5.10. The summed E-state index contributed by atoms with van der Waals surface area (Å²) in [6.07, 6.45) is -6.53. The van der Waals surface area contributed by atoms with Crippen LogP contribution in [-0.2, 0) is 4.74 Å². The molecule has 2 aromatic carbocycles. The first-order chi connectivity index (χ1) is 14.8. The number of fused-ring (bicyclic) bond motifs is 1. The molecule has 0 aliphatic carbocycles. The predicted molar refractivity (Wildman–Crippen MR) is 106 cm³/mol. The average Bonchev–Trinajstić information content (AvgIpc) is 2.75. The van der Waals surface area contributed by atoms with E-state index in [-0.39, 0.29) is 33.8 Å². The molecule has 3 aromatic rings. The molecular formula is C21H20O10. The van der Waals surface area contributed by atoms with Crippen molar-refractivity contribution in [1.82, 2.24) is 0 Å². The van der Waals surface area contributed by atoms with Gasteiger partial charge in [0.05, 0.1) is 12.2 Å². The smallest absolute Gasteiger partial charge is 0.229 e. The lowest BCUT2D eigenvalue weighted by atomic mass is 9.99. The number of benzene rings is 2. The molecule has 10 nitrogen and oxygen atoms in total. The van der Waals surface area contributed by atoms with Crippen molar-refractivity contribution in [3.63, 3.8) is 0 Å². The molecule has 1 aromatic heterocycles. The van der Waals surface area contributed by atoms with Gasteiger partial charge in [0.15, 0.2) is 0 Å². The first-order valence-electron chi connectivity index (χ1n) is 9.35. The van der Waals surface area contributed by atoms with Crippen LogP contribution in [0.2, 0.25) is 0 Å². The van der Waals surface area contributed by atoms with E-state index in [1.165, 1.54) is 36.6 Å². The minimum atomic E-state index is -1.71. The Morgan fingerprint density at radius 3 is 2.32 bits per heavy atom. The second kappa shape index (κ2) is 8.17. The molecular weight excluding hydrogens is 412 g/mol. The van der Waals surface area contributed by atoms with E-state index in [1.54, 1.807) is 0 Å². The van der Waals surface area contributed by atoms with Crippen LogP contribution in [0.5, 0.6) is 17.2 Å². The van der Waals surface area contributed by atoms with Crippen molar-refractivity contribution >= 4 is 11.0 Å². The van der Waals surface area contributed by atoms with E-state index in [9.17, 15) is 35.4 Å². The average molecular weight is 432 g/mol. The van der Waals surface area contributed by atoms with Gasteiger partial charge in [-0.25, -0.2) is 0 Å². The number of aliphatic hydroxyl groups is 4. The summed E-state index contributed by atoms with van der Waals surface area (Å²) in [5.74, 6) is -0.480. The van der Waals surface area contributed by atoms with Crippen molar-refractivity contribution in [2.24, 2.45) is 0 Å². The summed E-state index contributed by atoms with van der Waals surface area (Å²) in [7, 11) is 0. The van der Waals surface area contributed by atoms with Gasteiger partial charge >= 0.3 is 0 Å². The van der Waals surface area contributed by atoms with E-state index < -0.39 is 42.7 Å². The van der Waals surface area contributed by atoms with Crippen molar-refractivity contribution in [3.05, 3.63) is 52.9 Å². The fourth-order valence-corrected chi connectivity index (χ4v) is 3.43. The lowest BCUT2D eigenvalue weighted by molar-refractivity contribution is -0.277. The molecule has 1 fully saturated rings. The minimum Gasteiger partial charge on any atom is -0.508 e. The summed E-state index contributed by atoms with van der Waals surface area (Å²) in [6, 6.07) is 8.17. The monoisotopic (exact) mass is 432 g/mol. The highest BCUT2D eigenvalue weighted by atomic mass is 16.7. The lowest BCUT2D eigenvalue weighted by Gasteiger charge is -2.39. The zero-order valence-corrected chi connectivity index (χ0v) is 16.0. The zero-order valence-electron chi connectivity index (χ0n) is 16.0. The van der Waals surface area contributed by atoms with Crippen LogP contribution in [0.1, 0.15) is 0 Å². The molecule has 1 saturated heterocycles. The SMILES string of the molecule is O=c1c(-c2ccc(O)cc2)coc2cc(O)cc(O[C@@H]3O[C@H](CO)[C@@H](O)[C@H](O)[C@H]3O)c12. The number of ether oxygens (including phenoxy) is 2. The summed E-state index contributed by atoms with van der Waals surface area (Å²) in [5, 5.41) is 58.8. The molecule has 4 rings (SSSR count). The van der Waals surface area contributed by atoms with Crippen molar-refractivity contribution in [2.75, 3.05) is 6.61 Å². The number of hydrogen-bond acceptors (Lipinski definition) is 10. The number of hydrogen-bond donors (Lipinski definition) is 6. The fourth-order valence-electron chi connectivity index (χ4n) is 3.43. The Balaban J connectivity index is 1.79. The Labute approximate surface area is 174 Å². The standard InChI is InChI=1S/C21H20O10/c22-7-15-18(26)19(27)20(28)21(31-15)30-14-6-11(24)5-13-16(14)17(25)12(8-29-13)9-1-3-10(23)4-2-9/h1-6,8,15,18-24,26-28H,7H2/t15-,18-,19+,20-,21-/m1/s1. The number of aliphatic hydroxyl groups excluding tert-OH is 4. The summed E-state index contributed by atoms with van der Waals surface area (Å²) < 4.78 is 16.4. The molecule has 0 saturated carbocycles. The Hall–Kier alpha value is -3.15. The van der Waals surface area contributed by atoms with Crippen molar-refractivity contribution < 1.29 is 44.5 Å². The summed E-state index contributed by atoms with van der Waals surface area (Å²) >= 11 is 0. The molecule has 0 spiro atoms. The molecule has 164 valence electrons. The van der Waals surface area contributed by atoms with Crippen molar-refractivity contribution in [1.29, 1.82) is 0 Å². The van der Waals surface area contributed by atoms with Gasteiger partial charge in [-0.3, -0.25) is 4.79 Å². The summed E-state index contributed by atoms with van der Waals surface area (Å²) in [6.45, 7) is -0.654. The van der Waals surface area contributed by atoms with Gasteiger partial charge < -0.3 is 44.5 Å². The Kier molecular flexibility index (Phi) is 5.56. The predicted octanol–water partition coefficient (Wildman–Crippen LogP) is 0.0499. The molecule has 31 heavy (non-hydrogen) atoms. The van der Waals surface area contributed by atoms with Crippen LogP contribution in [0.15, 0.2) is 51.9 Å². The van der Waals surface area contributed by atoms with Gasteiger partial charge in [-0.15, -0.1) is 0 Å². The minimum absolute atomic E-state index is 0.00730. The second-order valence-electron chi connectivity index (χ2n) is 7.16. The fraction of sp³-hybridized carbons (Fsp3) is 0.286. The maximum atomic E-state index is 13.2. The summed E-state index contributed by atoms with van der Waals surface area (Å²) in [4.78, 5) is 13.2. The Morgan fingerprint density at radius 2 is 1.65 bits per heavy atom. The van der Waals surface area contributed by atoms with Crippen LogP contribution in [0.25, 0.3) is 22.1 Å². The normalized spacial score (nSPS) is 26.1. The summed E-state index contributed by atoms with van der Waals surface area (Å²) in [5.41, 5.74) is 0.0795. The number of rotatable bonds is 4. The van der Waals surface area contributed by atoms with E-state index in [0.29, 0.717) is 5.56 Å². The van der Waals surface area contributed by atoms with Gasteiger partial charge in [-0.2, -0.15) is 0 Å². The molecule has 10 heteroatoms. The first-order valence-corrected chi connectivity index (χ1v) is 9.35. The molecule has 1 aliphatic rings. The molecule has 0 bridgehead atoms. The van der Waals surface area contributed by atoms with E-state index in [1.807, 2.05) is 0 Å². The quantitative estimate of drug-likeness (QED) is 0.331. The number of phenols is 2. The van der Waals surface area contributed by atoms with Gasteiger partial charge in [-0.05, 0) is 17.7 Å². The second-order valence-corrected chi connectivity index (χ2v) is 7.16. The van der Waals surface area contributed by atoms with Gasteiger partial charge in [0, 0.05) is 12.1 Å². The maximum absolute atomic E-state index is 13.2. The third kappa shape index (κ3) is 3.82. The van der Waals surface area contributed by atoms with Gasteiger partial charge in [0.1, 0.15) is 58.9 Å². The highest BCUT2D eigenvalue weighted by Gasteiger charge is 2.45. The van der Waals surface area contributed by atoms with E-state index >= 15 is 0 Å². The van der Waals surface area contributed by atoms with Crippen LogP contribution in [-0.4, -0.2) is 68.0 Å². The van der Waals surface area contributed by atoms with Crippen LogP contribution in [0.3, 0.4) is 0 Å². The highest BCUT2D eigenvalue weighted by molar-refractivity contribution is 5.88. The first kappa shape index (κ1) is 21.1. The topological polar surface area (TPSA) is 170 Å². The van der Waals surface area contributed by atoms with E-state index in [0.717, 1.165) is 6.07 Å².